The zero-order valence-corrected chi connectivity index (χ0v) is 14.2. The highest BCUT2D eigenvalue weighted by molar-refractivity contribution is 5.73. The third-order valence-electron chi connectivity index (χ3n) is 6.28. The normalized spacial score (nSPS) is 41.6. The summed E-state index contributed by atoms with van der Waals surface area (Å²) in [4.78, 5) is 25.9. The van der Waals surface area contributed by atoms with Crippen molar-refractivity contribution < 1.29 is 36.1 Å². The zero-order chi connectivity index (χ0) is 26.4. The van der Waals surface area contributed by atoms with Crippen molar-refractivity contribution in [2.45, 2.75) is 50.2 Å². The van der Waals surface area contributed by atoms with Gasteiger partial charge in [0.25, 0.3) is 0 Å². The van der Waals surface area contributed by atoms with Gasteiger partial charge in [-0.3, -0.25) is 9.59 Å². The van der Waals surface area contributed by atoms with Crippen LogP contribution in [0.3, 0.4) is 0 Å². The molecule has 1 saturated heterocycles. The second kappa shape index (κ2) is 5.58. The van der Waals surface area contributed by atoms with Gasteiger partial charge in [-0.2, -0.15) is 0 Å². The SMILES string of the molecule is [2H]C([2H])([2H])C(=O)Oc1ccc2c3c1O[C@H]1[C@@H](OC(=O)C([2H])([2H])[2H])C=C[C@H]4[C@@H](C2)N(C([2H])([2H])[2H])CC[C@@]341. The fourth-order valence-electron chi connectivity index (χ4n) is 5.43. The summed E-state index contributed by atoms with van der Waals surface area (Å²) in [5.74, 6) is -3.23. The summed E-state index contributed by atoms with van der Waals surface area (Å²) in [6.45, 7) is -8.19. The van der Waals surface area contributed by atoms with Crippen LogP contribution in [0.1, 0.15) is 43.6 Å². The maximum atomic E-state index is 12.2. The summed E-state index contributed by atoms with van der Waals surface area (Å²) >= 11 is 0. The lowest BCUT2D eigenvalue weighted by atomic mass is 9.53. The van der Waals surface area contributed by atoms with E-state index in [4.69, 9.17) is 26.5 Å². The Hall–Kier alpha value is -2.34. The summed E-state index contributed by atoms with van der Waals surface area (Å²) in [6.07, 6.45) is 1.85. The van der Waals surface area contributed by atoms with Crippen LogP contribution in [-0.4, -0.2) is 48.6 Å². The number of piperidine rings is 1. The molecule has 1 spiro atoms. The van der Waals surface area contributed by atoms with Crippen LogP contribution in [-0.2, 0) is 26.2 Å². The number of hydrogen-bond acceptors (Lipinski definition) is 6. The molecule has 0 radical (unpaired) electrons. The molecule has 4 aliphatic rings. The molecular formula is C21H23NO5. The van der Waals surface area contributed by atoms with Gasteiger partial charge in [-0.1, -0.05) is 12.1 Å². The molecule has 2 aliphatic heterocycles. The maximum absolute atomic E-state index is 12.2. The Kier molecular flexibility index (Phi) is 2.01. The molecule has 6 heteroatoms. The zero-order valence-electron chi connectivity index (χ0n) is 23.2. The van der Waals surface area contributed by atoms with Crippen LogP contribution < -0.4 is 9.47 Å². The molecule has 27 heavy (non-hydrogen) atoms. The van der Waals surface area contributed by atoms with Crippen LogP contribution in [0.4, 0.5) is 0 Å². The van der Waals surface area contributed by atoms with E-state index >= 15 is 0 Å². The first-order valence-corrected chi connectivity index (χ1v) is 8.76. The topological polar surface area (TPSA) is 65.1 Å². The predicted molar refractivity (Wildman–Crippen MR) is 96.8 cm³/mol. The van der Waals surface area contributed by atoms with Gasteiger partial charge in [0, 0.05) is 49.0 Å². The predicted octanol–water partition coefficient (Wildman–Crippen LogP) is 1.99. The van der Waals surface area contributed by atoms with Crippen LogP contribution in [0.2, 0.25) is 0 Å². The average Bonchev–Trinajstić information content (AvgIpc) is 3.08. The molecule has 1 fully saturated rings. The maximum Gasteiger partial charge on any atom is 0.308 e. The van der Waals surface area contributed by atoms with Gasteiger partial charge in [0.2, 0.25) is 0 Å². The lowest BCUT2D eigenvalue weighted by Crippen LogP contribution is -2.65. The number of carbonyl (C=O) groups excluding carboxylic acids is 2. The minimum absolute atomic E-state index is 0.116. The van der Waals surface area contributed by atoms with E-state index in [1.165, 1.54) is 17.0 Å². The minimum atomic E-state index is -3.01. The van der Waals surface area contributed by atoms with Crippen molar-refractivity contribution in [3.05, 3.63) is 35.4 Å². The van der Waals surface area contributed by atoms with E-state index in [-0.39, 0.29) is 30.4 Å². The molecule has 142 valence electrons. The van der Waals surface area contributed by atoms with Gasteiger partial charge in [-0.05, 0) is 44.1 Å². The first-order chi connectivity index (χ1) is 16.5. The largest absolute Gasteiger partial charge is 0.481 e. The molecule has 0 amide bonds. The third-order valence-corrected chi connectivity index (χ3v) is 6.28. The Morgan fingerprint density at radius 3 is 3.00 bits per heavy atom. The number of benzene rings is 1. The molecular weight excluding hydrogens is 346 g/mol. The molecule has 0 N–H and O–H groups in total. The molecule has 0 saturated carbocycles. The number of nitrogens with zero attached hydrogens (tertiary/aromatic N) is 1. The monoisotopic (exact) mass is 378 g/mol. The third kappa shape index (κ3) is 2.16. The number of ether oxygens (including phenoxy) is 3. The summed E-state index contributed by atoms with van der Waals surface area (Å²) < 4.78 is 85.0. The second-order valence-corrected chi connectivity index (χ2v) is 7.39. The summed E-state index contributed by atoms with van der Waals surface area (Å²) in [6, 6.07) is 2.61. The fourth-order valence-corrected chi connectivity index (χ4v) is 5.43. The molecule has 5 atom stereocenters. The van der Waals surface area contributed by atoms with E-state index in [1.54, 1.807) is 12.1 Å². The quantitative estimate of drug-likeness (QED) is 0.446. The van der Waals surface area contributed by atoms with E-state index < -0.39 is 56.3 Å². The van der Waals surface area contributed by atoms with Crippen molar-refractivity contribution in [2.24, 2.45) is 5.92 Å². The number of esters is 2. The molecule has 1 aromatic rings. The molecule has 0 unspecified atom stereocenters. The molecule has 2 heterocycles. The van der Waals surface area contributed by atoms with Gasteiger partial charge in [-0.25, -0.2) is 0 Å². The van der Waals surface area contributed by atoms with Crippen LogP contribution in [0.15, 0.2) is 24.3 Å². The van der Waals surface area contributed by atoms with E-state index in [1.807, 2.05) is 0 Å². The Bertz CT molecular complexity index is 1160. The van der Waals surface area contributed by atoms with E-state index in [0.717, 1.165) is 5.56 Å². The van der Waals surface area contributed by atoms with E-state index in [2.05, 4.69) is 0 Å². The minimum Gasteiger partial charge on any atom is -0.481 e. The van der Waals surface area contributed by atoms with Crippen molar-refractivity contribution in [2.75, 3.05) is 13.5 Å². The Labute approximate surface area is 170 Å². The molecule has 2 aliphatic carbocycles. The average molecular weight is 378 g/mol. The smallest absolute Gasteiger partial charge is 0.308 e. The van der Waals surface area contributed by atoms with Crippen LogP contribution in [0, 0.1) is 5.92 Å². The Balaban J connectivity index is 1.63. The number of carbonyl (C=O) groups is 2. The van der Waals surface area contributed by atoms with E-state index in [0.29, 0.717) is 12.0 Å². The highest BCUT2D eigenvalue weighted by Gasteiger charge is 2.65. The lowest BCUT2D eigenvalue weighted by molar-refractivity contribution is -0.152. The number of rotatable bonds is 2. The summed E-state index contributed by atoms with van der Waals surface area (Å²) in [5, 5.41) is 0. The van der Waals surface area contributed by atoms with Crippen LogP contribution in [0.25, 0.3) is 0 Å². The molecule has 0 aromatic heterocycles. The lowest BCUT2D eigenvalue weighted by Gasteiger charge is -2.56. The Morgan fingerprint density at radius 2 is 2.19 bits per heavy atom. The first-order valence-electron chi connectivity index (χ1n) is 13.3. The van der Waals surface area contributed by atoms with Gasteiger partial charge in [0.15, 0.2) is 17.6 Å². The van der Waals surface area contributed by atoms with E-state index in [9.17, 15) is 9.59 Å². The van der Waals surface area contributed by atoms with Crippen molar-refractivity contribution in [3.63, 3.8) is 0 Å². The fraction of sp³-hybridized carbons (Fsp3) is 0.524. The highest BCUT2D eigenvalue weighted by Crippen LogP contribution is 2.62. The van der Waals surface area contributed by atoms with Gasteiger partial charge < -0.3 is 19.1 Å². The summed E-state index contributed by atoms with van der Waals surface area (Å²) in [5.41, 5.74) is 0.494. The first kappa shape index (κ1) is 9.73. The molecule has 5 rings (SSSR count). The summed E-state index contributed by atoms with van der Waals surface area (Å²) in [7, 11) is 0. The van der Waals surface area contributed by atoms with Crippen molar-refractivity contribution >= 4 is 11.9 Å². The number of hydrogen-bond donors (Lipinski definition) is 0. The second-order valence-electron chi connectivity index (χ2n) is 7.39. The van der Waals surface area contributed by atoms with Gasteiger partial charge in [-0.15, -0.1) is 0 Å². The van der Waals surface area contributed by atoms with Crippen molar-refractivity contribution in [1.82, 2.24) is 4.90 Å². The van der Waals surface area contributed by atoms with Gasteiger partial charge in [0.1, 0.15) is 6.10 Å². The van der Waals surface area contributed by atoms with Crippen molar-refractivity contribution in [1.29, 1.82) is 0 Å². The number of likely N-dealkylation sites (N-methyl/N-ethyl adjacent to an activating group) is 1. The van der Waals surface area contributed by atoms with Gasteiger partial charge >= 0.3 is 11.9 Å². The van der Waals surface area contributed by atoms with Crippen LogP contribution >= 0.6 is 0 Å². The molecule has 6 nitrogen and oxygen atoms in total. The highest BCUT2D eigenvalue weighted by atomic mass is 16.6. The Morgan fingerprint density at radius 1 is 1.30 bits per heavy atom. The van der Waals surface area contributed by atoms with Crippen molar-refractivity contribution in [3.8, 4) is 11.5 Å². The number of likely N-dealkylation sites (tertiary alicyclic amines) is 1. The standard InChI is InChI=1S/C21H23NO5/c1-11(23)25-16-6-4-13-10-15-14-5-7-17(26-12(2)24)20-21(14,8-9-22(15)3)18(13)19(16)27-20/h4-7,14-15,17,20H,8-10H2,1-3H3/t14-,15+,17-,20-,21-/m0/s1/i1D3,2D3,3D3. The van der Waals surface area contributed by atoms with Gasteiger partial charge in [0.05, 0.1) is 0 Å². The van der Waals surface area contributed by atoms with Crippen LogP contribution in [0.5, 0.6) is 11.5 Å². The molecule has 1 aromatic carbocycles. The molecule has 2 bridgehead atoms.